The van der Waals surface area contributed by atoms with E-state index in [1.165, 1.54) is 0 Å². The molecule has 5 nitrogen and oxygen atoms in total. The molecular formula is C11H12N2O3S. The number of aryl methyl sites for hydroxylation is 2. The summed E-state index contributed by atoms with van der Waals surface area (Å²) < 4.78 is 5.49. The Hall–Kier alpha value is -1.69. The molecule has 0 saturated carbocycles. The van der Waals surface area contributed by atoms with Crippen molar-refractivity contribution in [1.82, 2.24) is 10.2 Å². The quantitative estimate of drug-likeness (QED) is 0.884. The minimum absolute atomic E-state index is 0.121. The Balaban J connectivity index is 2.01. The highest BCUT2D eigenvalue weighted by atomic mass is 32.1. The standard InChI is InChI=1S/C11H12N2O3S/c1-7-5-6-17-10(7)11-13-12-8(16-11)3-2-4-9(14)15/h5-6H,2-4H2,1H3,(H,14,15). The molecule has 0 saturated heterocycles. The van der Waals surface area contributed by atoms with Crippen LogP contribution < -0.4 is 0 Å². The van der Waals surface area contributed by atoms with Crippen molar-refractivity contribution in [3.63, 3.8) is 0 Å². The second kappa shape index (κ2) is 5.09. The first kappa shape index (κ1) is 11.8. The molecule has 0 bridgehead atoms. The molecule has 2 heterocycles. The molecule has 17 heavy (non-hydrogen) atoms. The van der Waals surface area contributed by atoms with E-state index in [9.17, 15) is 4.79 Å². The van der Waals surface area contributed by atoms with E-state index in [4.69, 9.17) is 9.52 Å². The van der Waals surface area contributed by atoms with Gasteiger partial charge in [0.15, 0.2) is 0 Å². The number of carboxylic acid groups (broad SMARTS) is 1. The number of carbonyl (C=O) groups is 1. The molecule has 0 spiro atoms. The van der Waals surface area contributed by atoms with Gasteiger partial charge < -0.3 is 9.52 Å². The Labute approximate surface area is 102 Å². The lowest BCUT2D eigenvalue weighted by molar-refractivity contribution is -0.137. The second-order valence-corrected chi connectivity index (χ2v) is 4.60. The van der Waals surface area contributed by atoms with Gasteiger partial charge in [-0.3, -0.25) is 4.79 Å². The maximum atomic E-state index is 10.4. The van der Waals surface area contributed by atoms with Crippen molar-refractivity contribution in [3.8, 4) is 10.8 Å². The number of carboxylic acids is 1. The smallest absolute Gasteiger partial charge is 0.303 e. The first-order chi connectivity index (χ1) is 8.16. The summed E-state index contributed by atoms with van der Waals surface area (Å²) in [5.74, 6) is 0.204. The van der Waals surface area contributed by atoms with Gasteiger partial charge in [-0.25, -0.2) is 0 Å². The van der Waals surface area contributed by atoms with E-state index in [0.717, 1.165) is 10.4 Å². The molecule has 1 N–H and O–H groups in total. The summed E-state index contributed by atoms with van der Waals surface area (Å²) in [4.78, 5) is 11.3. The third kappa shape index (κ3) is 2.91. The first-order valence-corrected chi connectivity index (χ1v) is 6.13. The van der Waals surface area contributed by atoms with Crippen LogP contribution in [0.3, 0.4) is 0 Å². The van der Waals surface area contributed by atoms with Gasteiger partial charge in [0.25, 0.3) is 5.89 Å². The molecule has 0 atom stereocenters. The maximum absolute atomic E-state index is 10.4. The van der Waals surface area contributed by atoms with Crippen LogP contribution in [0.4, 0.5) is 0 Å². The molecule has 2 aromatic heterocycles. The monoisotopic (exact) mass is 252 g/mol. The zero-order valence-electron chi connectivity index (χ0n) is 9.34. The van der Waals surface area contributed by atoms with Crippen LogP contribution in [0.15, 0.2) is 15.9 Å². The molecule has 0 aliphatic carbocycles. The predicted molar refractivity (Wildman–Crippen MR) is 62.9 cm³/mol. The Morgan fingerprint density at radius 2 is 2.35 bits per heavy atom. The van der Waals surface area contributed by atoms with Gasteiger partial charge in [0.1, 0.15) is 0 Å². The van der Waals surface area contributed by atoms with Gasteiger partial charge in [-0.1, -0.05) is 0 Å². The minimum Gasteiger partial charge on any atom is -0.481 e. The Kier molecular flexibility index (Phi) is 3.53. The lowest BCUT2D eigenvalue weighted by Crippen LogP contribution is -1.95. The van der Waals surface area contributed by atoms with Crippen molar-refractivity contribution in [2.75, 3.05) is 0 Å². The highest BCUT2D eigenvalue weighted by molar-refractivity contribution is 7.13. The van der Waals surface area contributed by atoms with Crippen molar-refractivity contribution < 1.29 is 14.3 Å². The number of thiophene rings is 1. The number of hydrogen-bond acceptors (Lipinski definition) is 5. The molecule has 0 radical (unpaired) electrons. The highest BCUT2D eigenvalue weighted by Crippen LogP contribution is 2.27. The van der Waals surface area contributed by atoms with Crippen molar-refractivity contribution in [3.05, 3.63) is 22.9 Å². The van der Waals surface area contributed by atoms with Crippen LogP contribution in [0.1, 0.15) is 24.3 Å². The van der Waals surface area contributed by atoms with Crippen LogP contribution in [0.5, 0.6) is 0 Å². The summed E-state index contributed by atoms with van der Waals surface area (Å²) >= 11 is 1.55. The van der Waals surface area contributed by atoms with Crippen LogP contribution in [0.25, 0.3) is 10.8 Å². The predicted octanol–water partition coefficient (Wildman–Crippen LogP) is 2.51. The van der Waals surface area contributed by atoms with E-state index in [-0.39, 0.29) is 6.42 Å². The fraction of sp³-hybridized carbons (Fsp3) is 0.364. The normalized spacial score (nSPS) is 10.6. The molecule has 2 aromatic rings. The number of hydrogen-bond donors (Lipinski definition) is 1. The molecule has 6 heteroatoms. The summed E-state index contributed by atoms with van der Waals surface area (Å²) in [6, 6.07) is 1.99. The van der Waals surface area contributed by atoms with Crippen molar-refractivity contribution in [2.24, 2.45) is 0 Å². The van der Waals surface area contributed by atoms with Crippen molar-refractivity contribution in [2.45, 2.75) is 26.2 Å². The summed E-state index contributed by atoms with van der Waals surface area (Å²) in [5, 5.41) is 18.4. The van der Waals surface area contributed by atoms with E-state index in [2.05, 4.69) is 10.2 Å². The Bertz CT molecular complexity index is 518. The molecule has 0 fully saturated rings. The molecular weight excluding hydrogens is 240 g/mol. The molecule has 2 rings (SSSR count). The largest absolute Gasteiger partial charge is 0.481 e. The van der Waals surface area contributed by atoms with Gasteiger partial charge in [-0.2, -0.15) is 0 Å². The molecule has 0 unspecified atom stereocenters. The van der Waals surface area contributed by atoms with Crippen molar-refractivity contribution >= 4 is 17.3 Å². The average Bonchev–Trinajstić information content (AvgIpc) is 2.86. The highest BCUT2D eigenvalue weighted by Gasteiger charge is 2.12. The molecule has 0 amide bonds. The average molecular weight is 252 g/mol. The Morgan fingerprint density at radius 3 is 3.00 bits per heavy atom. The topological polar surface area (TPSA) is 76.2 Å². The molecule has 90 valence electrons. The number of aromatic nitrogens is 2. The maximum Gasteiger partial charge on any atom is 0.303 e. The van der Waals surface area contributed by atoms with E-state index < -0.39 is 5.97 Å². The first-order valence-electron chi connectivity index (χ1n) is 5.25. The molecule has 0 aliphatic rings. The van der Waals surface area contributed by atoms with E-state index in [0.29, 0.717) is 24.6 Å². The second-order valence-electron chi connectivity index (χ2n) is 3.68. The van der Waals surface area contributed by atoms with Crippen LogP contribution in [-0.4, -0.2) is 21.3 Å². The van der Waals surface area contributed by atoms with Gasteiger partial charge in [0.2, 0.25) is 5.89 Å². The minimum atomic E-state index is -0.807. The number of aliphatic carboxylic acids is 1. The van der Waals surface area contributed by atoms with Gasteiger partial charge in [0, 0.05) is 12.8 Å². The fourth-order valence-electron chi connectivity index (χ4n) is 1.43. The number of rotatable bonds is 5. The third-order valence-electron chi connectivity index (χ3n) is 2.30. The van der Waals surface area contributed by atoms with Crippen LogP contribution in [-0.2, 0) is 11.2 Å². The summed E-state index contributed by atoms with van der Waals surface area (Å²) in [6.45, 7) is 1.99. The van der Waals surface area contributed by atoms with Gasteiger partial charge >= 0.3 is 5.97 Å². The molecule has 0 aromatic carbocycles. The van der Waals surface area contributed by atoms with E-state index in [1.54, 1.807) is 11.3 Å². The lowest BCUT2D eigenvalue weighted by atomic mass is 10.2. The van der Waals surface area contributed by atoms with Crippen molar-refractivity contribution in [1.29, 1.82) is 0 Å². The van der Waals surface area contributed by atoms with E-state index >= 15 is 0 Å². The zero-order chi connectivity index (χ0) is 12.3. The van der Waals surface area contributed by atoms with Crippen LogP contribution >= 0.6 is 11.3 Å². The van der Waals surface area contributed by atoms with Gasteiger partial charge in [0.05, 0.1) is 4.88 Å². The lowest BCUT2D eigenvalue weighted by Gasteiger charge is -1.92. The summed E-state index contributed by atoms with van der Waals surface area (Å²) in [7, 11) is 0. The third-order valence-corrected chi connectivity index (χ3v) is 3.31. The Morgan fingerprint density at radius 1 is 1.53 bits per heavy atom. The number of nitrogens with zero attached hydrogens (tertiary/aromatic N) is 2. The van der Waals surface area contributed by atoms with Gasteiger partial charge in [-0.15, -0.1) is 21.5 Å². The van der Waals surface area contributed by atoms with Crippen LogP contribution in [0, 0.1) is 6.92 Å². The summed E-state index contributed by atoms with van der Waals surface area (Å²) in [6.07, 6.45) is 1.14. The van der Waals surface area contributed by atoms with E-state index in [1.807, 2.05) is 18.4 Å². The van der Waals surface area contributed by atoms with Gasteiger partial charge in [-0.05, 0) is 30.4 Å². The molecule has 0 aliphatic heterocycles. The van der Waals surface area contributed by atoms with Crippen LogP contribution in [0.2, 0.25) is 0 Å². The SMILES string of the molecule is Cc1ccsc1-c1nnc(CCCC(=O)O)o1. The fourth-order valence-corrected chi connectivity index (χ4v) is 2.27. The summed E-state index contributed by atoms with van der Waals surface area (Å²) in [5.41, 5.74) is 1.11. The zero-order valence-corrected chi connectivity index (χ0v) is 10.2.